The zero-order valence-corrected chi connectivity index (χ0v) is 13.6. The van der Waals surface area contributed by atoms with E-state index in [9.17, 15) is 0 Å². The van der Waals surface area contributed by atoms with E-state index in [0.717, 1.165) is 17.0 Å². The maximum atomic E-state index is 6.07. The molecule has 1 atom stereocenters. The number of benzene rings is 2. The summed E-state index contributed by atoms with van der Waals surface area (Å²) in [6.45, 7) is 2.07. The molecular formula is C15H16ClIN2. The standard InChI is InChI=1S/C15H16ClIN2/c1-10-2-5-12(16)9-14(10)15(19-18)8-11-3-6-13(17)7-4-11/h2-7,9,15,19H,8,18H2,1H3. The van der Waals surface area contributed by atoms with Crippen LogP contribution in [-0.4, -0.2) is 0 Å². The second kappa shape index (κ2) is 6.70. The maximum Gasteiger partial charge on any atom is 0.0503 e. The molecule has 0 aliphatic heterocycles. The molecule has 0 saturated carbocycles. The Morgan fingerprint density at radius 1 is 1.21 bits per heavy atom. The van der Waals surface area contributed by atoms with Crippen molar-refractivity contribution in [3.05, 3.63) is 67.7 Å². The first-order valence-corrected chi connectivity index (χ1v) is 7.52. The number of hydrogen-bond acceptors (Lipinski definition) is 2. The van der Waals surface area contributed by atoms with Crippen molar-refractivity contribution in [3.63, 3.8) is 0 Å². The molecule has 0 spiro atoms. The molecule has 0 aliphatic carbocycles. The minimum atomic E-state index is 0.0683. The van der Waals surface area contributed by atoms with E-state index in [1.54, 1.807) is 0 Å². The van der Waals surface area contributed by atoms with Crippen molar-refractivity contribution >= 4 is 34.2 Å². The Labute approximate surface area is 132 Å². The summed E-state index contributed by atoms with van der Waals surface area (Å²) in [6.07, 6.45) is 0.842. The van der Waals surface area contributed by atoms with Crippen LogP contribution in [0.15, 0.2) is 42.5 Å². The van der Waals surface area contributed by atoms with E-state index in [0.29, 0.717) is 0 Å². The molecular weight excluding hydrogens is 371 g/mol. The predicted molar refractivity (Wildman–Crippen MR) is 89.1 cm³/mol. The first-order chi connectivity index (χ1) is 9.10. The molecule has 0 aromatic heterocycles. The van der Waals surface area contributed by atoms with Crippen molar-refractivity contribution in [1.82, 2.24) is 5.43 Å². The lowest BCUT2D eigenvalue weighted by atomic mass is 9.96. The minimum absolute atomic E-state index is 0.0683. The van der Waals surface area contributed by atoms with E-state index < -0.39 is 0 Å². The van der Waals surface area contributed by atoms with Gasteiger partial charge in [-0.3, -0.25) is 11.3 Å². The summed E-state index contributed by atoms with van der Waals surface area (Å²) < 4.78 is 1.23. The Kier molecular flexibility index (Phi) is 5.21. The van der Waals surface area contributed by atoms with E-state index in [1.165, 1.54) is 14.7 Å². The number of nitrogens with one attached hydrogen (secondary N) is 1. The zero-order valence-electron chi connectivity index (χ0n) is 10.7. The number of hydrogen-bond donors (Lipinski definition) is 2. The van der Waals surface area contributed by atoms with Crippen LogP contribution in [0.1, 0.15) is 22.7 Å². The first-order valence-electron chi connectivity index (χ1n) is 6.07. The van der Waals surface area contributed by atoms with Gasteiger partial charge in [0.1, 0.15) is 0 Å². The van der Waals surface area contributed by atoms with Crippen LogP contribution < -0.4 is 11.3 Å². The van der Waals surface area contributed by atoms with Gasteiger partial charge in [0, 0.05) is 8.59 Å². The molecule has 2 rings (SSSR count). The summed E-state index contributed by atoms with van der Waals surface area (Å²) >= 11 is 8.37. The number of rotatable bonds is 4. The zero-order chi connectivity index (χ0) is 13.8. The average molecular weight is 387 g/mol. The van der Waals surface area contributed by atoms with Crippen molar-refractivity contribution in [3.8, 4) is 0 Å². The van der Waals surface area contributed by atoms with E-state index in [2.05, 4.69) is 59.2 Å². The lowest BCUT2D eigenvalue weighted by Gasteiger charge is -2.19. The number of halogens is 2. The van der Waals surface area contributed by atoms with E-state index >= 15 is 0 Å². The van der Waals surface area contributed by atoms with E-state index in [4.69, 9.17) is 17.4 Å². The fourth-order valence-corrected chi connectivity index (χ4v) is 2.64. The Bertz CT molecular complexity index is 555. The van der Waals surface area contributed by atoms with Crippen LogP contribution in [0.5, 0.6) is 0 Å². The summed E-state index contributed by atoms with van der Waals surface area (Å²) in [7, 11) is 0. The molecule has 1 unspecified atom stereocenters. The summed E-state index contributed by atoms with van der Waals surface area (Å²) in [5, 5.41) is 0.739. The number of nitrogens with two attached hydrogens (primary N) is 1. The molecule has 0 fully saturated rings. The average Bonchev–Trinajstić information content (AvgIpc) is 2.41. The van der Waals surface area contributed by atoms with Crippen LogP contribution in [0.2, 0.25) is 5.02 Å². The van der Waals surface area contributed by atoms with Gasteiger partial charge in [-0.25, -0.2) is 0 Å². The molecule has 100 valence electrons. The molecule has 0 bridgehead atoms. The van der Waals surface area contributed by atoms with Crippen molar-refractivity contribution in [2.45, 2.75) is 19.4 Å². The van der Waals surface area contributed by atoms with Gasteiger partial charge in [0.15, 0.2) is 0 Å². The highest BCUT2D eigenvalue weighted by Crippen LogP contribution is 2.24. The third-order valence-electron chi connectivity index (χ3n) is 3.17. The Balaban J connectivity index is 2.24. The predicted octanol–water partition coefficient (Wildman–Crippen LogP) is 4.00. The van der Waals surface area contributed by atoms with Gasteiger partial charge >= 0.3 is 0 Å². The SMILES string of the molecule is Cc1ccc(Cl)cc1C(Cc1ccc(I)cc1)NN. The largest absolute Gasteiger partial charge is 0.271 e. The number of aryl methyl sites for hydroxylation is 1. The van der Waals surface area contributed by atoms with Gasteiger partial charge in [-0.15, -0.1) is 0 Å². The summed E-state index contributed by atoms with van der Waals surface area (Å²) in [4.78, 5) is 0. The molecule has 0 radical (unpaired) electrons. The van der Waals surface area contributed by atoms with Crippen LogP contribution in [-0.2, 0) is 6.42 Å². The molecule has 4 heteroatoms. The van der Waals surface area contributed by atoms with Crippen LogP contribution in [0.25, 0.3) is 0 Å². The highest BCUT2D eigenvalue weighted by Gasteiger charge is 2.13. The number of hydrazine groups is 1. The monoisotopic (exact) mass is 386 g/mol. The summed E-state index contributed by atoms with van der Waals surface area (Å²) in [5.41, 5.74) is 6.48. The van der Waals surface area contributed by atoms with Crippen LogP contribution in [0.3, 0.4) is 0 Å². The summed E-state index contributed by atoms with van der Waals surface area (Å²) in [5.74, 6) is 5.71. The Hall–Kier alpha value is -0.620. The molecule has 2 aromatic carbocycles. The maximum absolute atomic E-state index is 6.07. The molecule has 2 nitrogen and oxygen atoms in total. The topological polar surface area (TPSA) is 38.0 Å². The smallest absolute Gasteiger partial charge is 0.0503 e. The second-order valence-corrected chi connectivity index (χ2v) is 6.23. The first kappa shape index (κ1) is 14.8. The fraction of sp³-hybridized carbons (Fsp3) is 0.200. The Morgan fingerprint density at radius 2 is 1.89 bits per heavy atom. The third-order valence-corrected chi connectivity index (χ3v) is 4.13. The van der Waals surface area contributed by atoms with Gasteiger partial charge in [0.05, 0.1) is 6.04 Å². The van der Waals surface area contributed by atoms with Gasteiger partial charge < -0.3 is 0 Å². The minimum Gasteiger partial charge on any atom is -0.271 e. The molecule has 0 heterocycles. The van der Waals surface area contributed by atoms with Crippen LogP contribution >= 0.6 is 34.2 Å². The fourth-order valence-electron chi connectivity index (χ4n) is 2.10. The highest BCUT2D eigenvalue weighted by molar-refractivity contribution is 14.1. The van der Waals surface area contributed by atoms with Gasteiger partial charge in [-0.05, 0) is 76.9 Å². The summed E-state index contributed by atoms with van der Waals surface area (Å²) in [6, 6.07) is 14.4. The van der Waals surface area contributed by atoms with E-state index in [-0.39, 0.29) is 6.04 Å². The van der Waals surface area contributed by atoms with Gasteiger partial charge in [0.25, 0.3) is 0 Å². The molecule has 3 N–H and O–H groups in total. The molecule has 0 saturated heterocycles. The van der Waals surface area contributed by atoms with Crippen molar-refractivity contribution in [2.24, 2.45) is 5.84 Å². The third kappa shape index (κ3) is 3.92. The Morgan fingerprint density at radius 3 is 2.53 bits per heavy atom. The molecule has 2 aromatic rings. The molecule has 19 heavy (non-hydrogen) atoms. The lowest BCUT2D eigenvalue weighted by Crippen LogP contribution is -2.30. The molecule has 0 amide bonds. The highest BCUT2D eigenvalue weighted by atomic mass is 127. The van der Waals surface area contributed by atoms with Crippen molar-refractivity contribution in [1.29, 1.82) is 0 Å². The second-order valence-electron chi connectivity index (χ2n) is 4.55. The normalized spacial score (nSPS) is 12.4. The van der Waals surface area contributed by atoms with Crippen molar-refractivity contribution < 1.29 is 0 Å². The van der Waals surface area contributed by atoms with Crippen LogP contribution in [0, 0.1) is 10.5 Å². The van der Waals surface area contributed by atoms with Gasteiger partial charge in [-0.1, -0.05) is 29.8 Å². The quantitative estimate of drug-likeness (QED) is 0.473. The van der Waals surface area contributed by atoms with Gasteiger partial charge in [-0.2, -0.15) is 0 Å². The van der Waals surface area contributed by atoms with Crippen molar-refractivity contribution in [2.75, 3.05) is 0 Å². The molecule has 0 aliphatic rings. The van der Waals surface area contributed by atoms with Gasteiger partial charge in [0.2, 0.25) is 0 Å². The van der Waals surface area contributed by atoms with Crippen LogP contribution in [0.4, 0.5) is 0 Å². The lowest BCUT2D eigenvalue weighted by molar-refractivity contribution is 0.549. The van der Waals surface area contributed by atoms with E-state index in [1.807, 2.05) is 18.2 Å².